The van der Waals surface area contributed by atoms with Crippen LogP contribution in [0.4, 0.5) is 5.69 Å². The van der Waals surface area contributed by atoms with Gasteiger partial charge in [-0.1, -0.05) is 6.07 Å². The van der Waals surface area contributed by atoms with Crippen LogP contribution in [0.2, 0.25) is 0 Å². The molecule has 26 heavy (non-hydrogen) atoms. The SMILES string of the molecule is COc1ccc(NCC(=O)N/N=C2\CCCc3c(C)ccc(O)c32)cc1. The van der Waals surface area contributed by atoms with Gasteiger partial charge in [-0.25, -0.2) is 5.43 Å². The largest absolute Gasteiger partial charge is 0.507 e. The van der Waals surface area contributed by atoms with Crippen molar-refractivity contribution in [3.63, 3.8) is 0 Å². The van der Waals surface area contributed by atoms with E-state index in [1.165, 1.54) is 0 Å². The number of aryl methyl sites for hydroxylation is 1. The number of carbonyl (C=O) groups excluding carboxylic acids is 1. The number of nitrogens with one attached hydrogen (secondary N) is 2. The lowest BCUT2D eigenvalue weighted by Crippen LogP contribution is -2.28. The molecule has 0 fully saturated rings. The van der Waals surface area contributed by atoms with Crippen molar-refractivity contribution in [1.82, 2.24) is 5.43 Å². The van der Waals surface area contributed by atoms with E-state index in [0.29, 0.717) is 0 Å². The molecular weight excluding hydrogens is 330 g/mol. The molecule has 0 saturated heterocycles. The third-order valence-corrected chi connectivity index (χ3v) is 4.51. The highest BCUT2D eigenvalue weighted by Crippen LogP contribution is 2.31. The molecule has 2 aromatic carbocycles. The number of fused-ring (bicyclic) bond motifs is 1. The normalized spacial score (nSPS) is 14.6. The zero-order valence-electron chi connectivity index (χ0n) is 15.0. The van der Waals surface area contributed by atoms with Gasteiger partial charge in [-0.2, -0.15) is 5.10 Å². The van der Waals surface area contributed by atoms with E-state index >= 15 is 0 Å². The molecule has 0 atom stereocenters. The number of methoxy groups -OCH3 is 1. The van der Waals surface area contributed by atoms with E-state index in [2.05, 4.69) is 15.8 Å². The third-order valence-electron chi connectivity index (χ3n) is 4.51. The van der Waals surface area contributed by atoms with E-state index in [4.69, 9.17) is 4.74 Å². The molecule has 0 saturated carbocycles. The number of amides is 1. The summed E-state index contributed by atoms with van der Waals surface area (Å²) in [6, 6.07) is 10.9. The standard InChI is InChI=1S/C20H23N3O3/c1-13-6-11-18(24)20-16(13)4-3-5-17(20)22-23-19(25)12-21-14-7-9-15(26-2)10-8-14/h6-11,21,24H,3-5,12H2,1-2H3,(H,23,25)/b22-17+. The smallest absolute Gasteiger partial charge is 0.259 e. The second kappa shape index (κ2) is 7.91. The van der Waals surface area contributed by atoms with Crippen LogP contribution in [-0.2, 0) is 11.2 Å². The van der Waals surface area contributed by atoms with Gasteiger partial charge in [0.25, 0.3) is 5.91 Å². The maximum absolute atomic E-state index is 12.1. The second-order valence-electron chi connectivity index (χ2n) is 6.28. The Morgan fingerprint density at radius 3 is 2.69 bits per heavy atom. The summed E-state index contributed by atoms with van der Waals surface area (Å²) in [6.07, 6.45) is 2.61. The topological polar surface area (TPSA) is 83.0 Å². The van der Waals surface area contributed by atoms with Gasteiger partial charge in [0, 0.05) is 11.3 Å². The lowest BCUT2D eigenvalue weighted by atomic mass is 9.86. The van der Waals surface area contributed by atoms with Crippen LogP contribution in [0.1, 0.15) is 29.5 Å². The molecule has 1 amide bonds. The summed E-state index contributed by atoms with van der Waals surface area (Å²) in [5.74, 6) is 0.736. The number of ether oxygens (including phenoxy) is 1. The molecule has 0 spiro atoms. The summed E-state index contributed by atoms with van der Waals surface area (Å²) in [7, 11) is 1.61. The van der Waals surface area contributed by atoms with Gasteiger partial charge in [0.05, 0.1) is 19.4 Å². The zero-order chi connectivity index (χ0) is 18.5. The summed E-state index contributed by atoms with van der Waals surface area (Å²) in [5, 5.41) is 17.5. The van der Waals surface area contributed by atoms with Crippen LogP contribution < -0.4 is 15.5 Å². The molecule has 3 rings (SSSR count). The second-order valence-corrected chi connectivity index (χ2v) is 6.28. The maximum atomic E-state index is 12.1. The first kappa shape index (κ1) is 17.8. The van der Waals surface area contributed by atoms with Crippen molar-refractivity contribution in [2.75, 3.05) is 19.0 Å². The highest BCUT2D eigenvalue weighted by Gasteiger charge is 2.21. The van der Waals surface area contributed by atoms with Crippen LogP contribution in [0.25, 0.3) is 0 Å². The van der Waals surface area contributed by atoms with Crippen molar-refractivity contribution in [2.45, 2.75) is 26.2 Å². The number of aromatic hydroxyl groups is 1. The van der Waals surface area contributed by atoms with Crippen molar-refractivity contribution in [1.29, 1.82) is 0 Å². The number of phenolic OH excluding ortho intramolecular Hbond substituents is 1. The minimum absolute atomic E-state index is 0.107. The van der Waals surface area contributed by atoms with Gasteiger partial charge in [-0.15, -0.1) is 0 Å². The van der Waals surface area contributed by atoms with E-state index in [9.17, 15) is 9.90 Å². The van der Waals surface area contributed by atoms with Gasteiger partial charge < -0.3 is 15.2 Å². The van der Waals surface area contributed by atoms with Gasteiger partial charge in [-0.05, 0) is 67.6 Å². The summed E-state index contributed by atoms with van der Waals surface area (Å²) < 4.78 is 5.10. The van der Waals surface area contributed by atoms with E-state index in [1.807, 2.05) is 37.3 Å². The molecular formula is C20H23N3O3. The maximum Gasteiger partial charge on any atom is 0.259 e. The van der Waals surface area contributed by atoms with Crippen molar-refractivity contribution in [2.24, 2.45) is 5.10 Å². The number of hydrazone groups is 1. The minimum Gasteiger partial charge on any atom is -0.507 e. The predicted octanol–water partition coefficient (Wildman–Crippen LogP) is 2.98. The van der Waals surface area contributed by atoms with Gasteiger partial charge in [-0.3, -0.25) is 4.79 Å². The third kappa shape index (κ3) is 3.96. The number of nitrogens with zero attached hydrogens (tertiary/aromatic N) is 1. The Morgan fingerprint density at radius 1 is 1.19 bits per heavy atom. The number of hydrogen-bond donors (Lipinski definition) is 3. The molecule has 0 heterocycles. The molecule has 1 aliphatic carbocycles. The minimum atomic E-state index is -0.243. The first-order chi connectivity index (χ1) is 12.6. The quantitative estimate of drug-likeness (QED) is 0.722. The summed E-state index contributed by atoms with van der Waals surface area (Å²) in [5.41, 5.74) is 7.15. The Hall–Kier alpha value is -3.02. The monoisotopic (exact) mass is 353 g/mol. The molecule has 2 aromatic rings. The number of carbonyl (C=O) groups is 1. The number of rotatable bonds is 5. The Kier molecular flexibility index (Phi) is 5.41. The first-order valence-electron chi connectivity index (χ1n) is 8.63. The molecule has 1 aliphatic rings. The van der Waals surface area contributed by atoms with Gasteiger partial charge in [0.2, 0.25) is 0 Å². The van der Waals surface area contributed by atoms with Crippen molar-refractivity contribution in [3.8, 4) is 11.5 Å². The average Bonchev–Trinajstić information content (AvgIpc) is 2.68. The zero-order valence-corrected chi connectivity index (χ0v) is 15.0. The average molecular weight is 353 g/mol. The molecule has 0 aromatic heterocycles. The highest BCUT2D eigenvalue weighted by atomic mass is 16.5. The van der Waals surface area contributed by atoms with E-state index in [1.54, 1.807) is 13.2 Å². The number of hydrogen-bond acceptors (Lipinski definition) is 5. The van der Waals surface area contributed by atoms with E-state index in [-0.39, 0.29) is 18.2 Å². The molecule has 0 bridgehead atoms. The summed E-state index contributed by atoms with van der Waals surface area (Å²) in [6.45, 7) is 2.13. The fourth-order valence-corrected chi connectivity index (χ4v) is 3.11. The molecule has 0 aliphatic heterocycles. The van der Waals surface area contributed by atoms with Crippen LogP contribution in [0.5, 0.6) is 11.5 Å². The van der Waals surface area contributed by atoms with E-state index < -0.39 is 0 Å². The van der Waals surface area contributed by atoms with Crippen molar-refractivity contribution >= 4 is 17.3 Å². The molecule has 0 unspecified atom stereocenters. The highest BCUT2D eigenvalue weighted by molar-refractivity contribution is 6.05. The molecule has 3 N–H and O–H groups in total. The number of phenols is 1. The van der Waals surface area contributed by atoms with Crippen LogP contribution in [-0.4, -0.2) is 30.4 Å². The van der Waals surface area contributed by atoms with E-state index in [0.717, 1.165) is 53.1 Å². The molecule has 6 nitrogen and oxygen atoms in total. The van der Waals surface area contributed by atoms with Gasteiger partial charge in [0.15, 0.2) is 0 Å². The Bertz CT molecular complexity index is 829. The van der Waals surface area contributed by atoms with Crippen molar-refractivity contribution < 1.29 is 14.6 Å². The number of benzene rings is 2. The first-order valence-corrected chi connectivity index (χ1v) is 8.63. The van der Waals surface area contributed by atoms with Crippen molar-refractivity contribution in [3.05, 3.63) is 53.1 Å². The van der Waals surface area contributed by atoms with Crippen LogP contribution in [0, 0.1) is 6.92 Å². The van der Waals surface area contributed by atoms with Crippen LogP contribution >= 0.6 is 0 Å². The molecule has 6 heteroatoms. The van der Waals surface area contributed by atoms with Crippen LogP contribution in [0.15, 0.2) is 41.5 Å². The Morgan fingerprint density at radius 2 is 1.96 bits per heavy atom. The van der Waals surface area contributed by atoms with Gasteiger partial charge in [0.1, 0.15) is 11.5 Å². The summed E-state index contributed by atoms with van der Waals surface area (Å²) in [4.78, 5) is 12.1. The number of anilines is 1. The van der Waals surface area contributed by atoms with Crippen LogP contribution in [0.3, 0.4) is 0 Å². The Labute approximate surface area is 152 Å². The lowest BCUT2D eigenvalue weighted by Gasteiger charge is -2.21. The van der Waals surface area contributed by atoms with Gasteiger partial charge >= 0.3 is 0 Å². The lowest BCUT2D eigenvalue weighted by molar-refractivity contribution is -0.119. The molecule has 136 valence electrons. The summed E-state index contributed by atoms with van der Waals surface area (Å²) >= 11 is 0. The fourth-order valence-electron chi connectivity index (χ4n) is 3.11. The predicted molar refractivity (Wildman–Crippen MR) is 102 cm³/mol. The fraction of sp³-hybridized carbons (Fsp3) is 0.300. The molecule has 0 radical (unpaired) electrons. The Balaban J connectivity index is 1.63.